The molecule has 0 saturated heterocycles. The second kappa shape index (κ2) is 5.75. The summed E-state index contributed by atoms with van der Waals surface area (Å²) in [5.74, 6) is -0.830. The topological polar surface area (TPSA) is 56.1 Å². The number of rotatable bonds is 3. The lowest BCUT2D eigenvalue weighted by molar-refractivity contribution is 0.571. The van der Waals surface area contributed by atoms with Crippen molar-refractivity contribution in [2.45, 2.75) is 4.90 Å². The van der Waals surface area contributed by atoms with Crippen LogP contribution in [-0.4, -0.2) is 19.2 Å². The van der Waals surface area contributed by atoms with Crippen molar-refractivity contribution in [3.8, 4) is 16.9 Å². The Hall–Kier alpha value is -2.25. The van der Waals surface area contributed by atoms with Gasteiger partial charge >= 0.3 is 4.87 Å². The number of hydrogen-bond acceptors (Lipinski definition) is 4. The van der Waals surface area contributed by atoms with Crippen molar-refractivity contribution in [2.75, 3.05) is 6.26 Å². The van der Waals surface area contributed by atoms with Crippen LogP contribution in [-0.2, 0) is 9.84 Å². The van der Waals surface area contributed by atoms with Crippen LogP contribution in [0, 0.1) is 5.82 Å². The Kier molecular flexibility index (Phi) is 3.91. The average molecular weight is 349 g/mol. The fourth-order valence-corrected chi connectivity index (χ4v) is 3.78. The minimum Gasteiger partial charge on any atom is -0.267 e. The fourth-order valence-electron chi connectivity index (χ4n) is 2.29. The largest absolute Gasteiger partial charge is 0.312 e. The first-order chi connectivity index (χ1) is 10.9. The van der Waals surface area contributed by atoms with Crippen molar-refractivity contribution >= 4 is 21.2 Å². The zero-order valence-corrected chi connectivity index (χ0v) is 13.7. The van der Waals surface area contributed by atoms with Crippen molar-refractivity contribution in [3.05, 3.63) is 69.4 Å². The number of benzene rings is 2. The average Bonchev–Trinajstić information content (AvgIpc) is 2.88. The Morgan fingerprint density at radius 1 is 1.09 bits per heavy atom. The number of aromatic nitrogens is 1. The molecule has 1 heterocycles. The molecule has 0 aliphatic rings. The highest BCUT2D eigenvalue weighted by Crippen LogP contribution is 2.26. The Bertz CT molecular complexity index is 1020. The van der Waals surface area contributed by atoms with E-state index in [1.165, 1.54) is 16.7 Å². The maximum absolute atomic E-state index is 14.1. The standard InChI is InChI=1S/C16H12FNO3S2/c1-23(20,21)15-8-7-11(9-13(15)17)14-10-22-16(19)18(14)12-5-3-2-4-6-12/h2-10H,1H3. The van der Waals surface area contributed by atoms with E-state index in [1.807, 2.05) is 6.07 Å². The number of hydrogen-bond donors (Lipinski definition) is 0. The van der Waals surface area contributed by atoms with Gasteiger partial charge in [-0.2, -0.15) is 0 Å². The highest BCUT2D eigenvalue weighted by atomic mass is 32.2. The lowest BCUT2D eigenvalue weighted by atomic mass is 10.1. The summed E-state index contributed by atoms with van der Waals surface area (Å²) < 4.78 is 38.6. The van der Waals surface area contributed by atoms with Gasteiger partial charge in [-0.15, -0.1) is 0 Å². The van der Waals surface area contributed by atoms with Crippen LogP contribution in [0.1, 0.15) is 0 Å². The van der Waals surface area contributed by atoms with Gasteiger partial charge in [-0.3, -0.25) is 9.36 Å². The molecular weight excluding hydrogens is 337 g/mol. The number of thiazole rings is 1. The molecule has 0 aliphatic carbocycles. The first-order valence-electron chi connectivity index (χ1n) is 6.64. The highest BCUT2D eigenvalue weighted by Gasteiger charge is 2.17. The van der Waals surface area contributed by atoms with Crippen LogP contribution in [0.5, 0.6) is 0 Å². The first-order valence-corrected chi connectivity index (χ1v) is 9.41. The van der Waals surface area contributed by atoms with Gasteiger partial charge in [0, 0.05) is 17.2 Å². The van der Waals surface area contributed by atoms with Gasteiger partial charge in [-0.05, 0) is 24.3 Å². The summed E-state index contributed by atoms with van der Waals surface area (Å²) in [6.45, 7) is 0. The van der Waals surface area contributed by atoms with E-state index in [1.54, 1.807) is 29.6 Å². The molecule has 0 amide bonds. The predicted molar refractivity (Wildman–Crippen MR) is 88.4 cm³/mol. The molecule has 0 fully saturated rings. The third-order valence-corrected chi connectivity index (χ3v) is 5.19. The fraction of sp³-hybridized carbons (Fsp3) is 0.0625. The van der Waals surface area contributed by atoms with Crippen LogP contribution in [0.2, 0.25) is 0 Å². The Morgan fingerprint density at radius 3 is 2.39 bits per heavy atom. The van der Waals surface area contributed by atoms with Gasteiger partial charge in [-0.25, -0.2) is 12.8 Å². The van der Waals surface area contributed by atoms with E-state index >= 15 is 0 Å². The lowest BCUT2D eigenvalue weighted by Gasteiger charge is -2.09. The SMILES string of the molecule is CS(=O)(=O)c1ccc(-c2csc(=O)n2-c2ccccc2)cc1F. The predicted octanol–water partition coefficient (Wildman–Crippen LogP) is 3.11. The molecule has 0 radical (unpaired) electrons. The van der Waals surface area contributed by atoms with Crippen LogP contribution in [0.25, 0.3) is 16.9 Å². The zero-order chi connectivity index (χ0) is 16.6. The summed E-state index contributed by atoms with van der Waals surface area (Å²) >= 11 is 1.00. The monoisotopic (exact) mass is 349 g/mol. The van der Waals surface area contributed by atoms with Crippen molar-refractivity contribution in [2.24, 2.45) is 0 Å². The maximum Gasteiger partial charge on any atom is 0.312 e. The minimum absolute atomic E-state index is 0.196. The summed E-state index contributed by atoms with van der Waals surface area (Å²) in [6.07, 6.45) is 0.954. The van der Waals surface area contributed by atoms with Crippen LogP contribution in [0.15, 0.2) is 63.6 Å². The third-order valence-electron chi connectivity index (χ3n) is 3.34. The molecule has 0 atom stereocenters. The van der Waals surface area contributed by atoms with Crippen LogP contribution >= 0.6 is 11.3 Å². The van der Waals surface area contributed by atoms with E-state index in [2.05, 4.69) is 0 Å². The summed E-state index contributed by atoms with van der Waals surface area (Å²) in [6, 6.07) is 12.8. The Labute approximate surface area is 136 Å². The summed E-state index contributed by atoms with van der Waals surface area (Å²) in [5, 5.41) is 1.63. The van der Waals surface area contributed by atoms with Gasteiger partial charge in [0.1, 0.15) is 10.7 Å². The van der Waals surface area contributed by atoms with Crippen LogP contribution < -0.4 is 4.87 Å². The van der Waals surface area contributed by atoms with Crippen LogP contribution in [0.3, 0.4) is 0 Å². The molecule has 0 aliphatic heterocycles. The third kappa shape index (κ3) is 2.97. The van der Waals surface area contributed by atoms with Crippen molar-refractivity contribution in [1.82, 2.24) is 4.57 Å². The quantitative estimate of drug-likeness (QED) is 0.730. The van der Waals surface area contributed by atoms with E-state index in [9.17, 15) is 17.6 Å². The molecule has 0 saturated carbocycles. The number of halogens is 1. The number of para-hydroxylation sites is 1. The number of sulfone groups is 1. The van der Waals surface area contributed by atoms with Crippen molar-refractivity contribution < 1.29 is 12.8 Å². The normalized spacial score (nSPS) is 11.6. The van der Waals surface area contributed by atoms with Crippen molar-refractivity contribution in [3.63, 3.8) is 0 Å². The first kappa shape index (κ1) is 15.6. The Morgan fingerprint density at radius 2 is 1.78 bits per heavy atom. The smallest absolute Gasteiger partial charge is 0.267 e. The van der Waals surface area contributed by atoms with Crippen LogP contribution in [0.4, 0.5) is 4.39 Å². The molecule has 3 aromatic rings. The van der Waals surface area contributed by atoms with E-state index < -0.39 is 15.7 Å². The van der Waals surface area contributed by atoms with Gasteiger partial charge < -0.3 is 0 Å². The van der Waals surface area contributed by atoms with Gasteiger partial charge in [0.25, 0.3) is 0 Å². The minimum atomic E-state index is -3.63. The maximum atomic E-state index is 14.1. The molecule has 118 valence electrons. The highest BCUT2D eigenvalue weighted by molar-refractivity contribution is 7.90. The summed E-state index contributed by atoms with van der Waals surface area (Å²) in [4.78, 5) is 11.6. The molecule has 1 aromatic heterocycles. The van der Waals surface area contributed by atoms with E-state index in [-0.39, 0.29) is 9.77 Å². The van der Waals surface area contributed by atoms with Gasteiger partial charge in [-0.1, -0.05) is 35.6 Å². The second-order valence-electron chi connectivity index (χ2n) is 4.98. The molecule has 23 heavy (non-hydrogen) atoms. The molecule has 0 spiro atoms. The number of nitrogens with zero attached hydrogens (tertiary/aromatic N) is 1. The second-order valence-corrected chi connectivity index (χ2v) is 7.78. The molecule has 3 rings (SSSR count). The van der Waals surface area contributed by atoms with Gasteiger partial charge in [0.05, 0.1) is 11.4 Å². The van der Waals surface area contributed by atoms with Gasteiger partial charge in [0.2, 0.25) is 0 Å². The molecule has 4 nitrogen and oxygen atoms in total. The van der Waals surface area contributed by atoms with Gasteiger partial charge in [0.15, 0.2) is 9.84 Å². The molecular formula is C16H12FNO3S2. The molecule has 7 heteroatoms. The van der Waals surface area contributed by atoms with E-state index in [4.69, 9.17) is 0 Å². The molecule has 0 unspecified atom stereocenters. The molecule has 2 aromatic carbocycles. The Balaban J connectivity index is 2.18. The van der Waals surface area contributed by atoms with Crippen molar-refractivity contribution in [1.29, 1.82) is 0 Å². The zero-order valence-electron chi connectivity index (χ0n) is 12.1. The summed E-state index contributed by atoms with van der Waals surface area (Å²) in [7, 11) is -3.63. The van der Waals surface area contributed by atoms with E-state index in [0.717, 1.165) is 23.7 Å². The molecule has 0 bridgehead atoms. The lowest BCUT2D eigenvalue weighted by Crippen LogP contribution is -2.11. The summed E-state index contributed by atoms with van der Waals surface area (Å²) in [5.41, 5.74) is 1.63. The molecule has 0 N–H and O–H groups in total. The van der Waals surface area contributed by atoms with E-state index in [0.29, 0.717) is 16.9 Å².